The van der Waals surface area contributed by atoms with E-state index in [0.717, 1.165) is 6.92 Å². The molecular formula is C39H47NO13. The topological polar surface area (TPSA) is 218 Å². The molecule has 1 aromatic rings. The molecule has 1 amide bonds. The average Bonchev–Trinajstić information content (AvgIpc) is 3.09. The molecule has 8 rings (SSSR count). The van der Waals surface area contributed by atoms with E-state index in [1.54, 1.807) is 32.9 Å². The van der Waals surface area contributed by atoms with Crippen LogP contribution in [0.1, 0.15) is 76.9 Å². The normalized spacial score (nSPS) is 34.3. The standard InChI is InChI=1S/C39H47NO13/c1-15-11-10-12-16(2)37(47)40-27-18(4)35(52-22(8)41)23-24(31(27)45)28(42)20(6)34-25(23)33(50-14-51-34)17(3)13-39(9,49)36(46)21(7)30(44)26-29(43)19(5)32(15)53-38(26)48/h10-13,15,19,21,26,29-30,32,36,43-46,49H,14H2,1-9H3,(H,40,47)/b11-10?,16-12-,17-13+. The smallest absolute Gasteiger partial charge is 0.314 e. The zero-order valence-corrected chi connectivity index (χ0v) is 31.1. The monoisotopic (exact) mass is 737 g/mol. The number of rotatable bonds is 1. The second-order valence-electron chi connectivity index (χ2n) is 14.6. The van der Waals surface area contributed by atoms with E-state index in [1.165, 1.54) is 46.8 Å². The van der Waals surface area contributed by atoms with Gasteiger partial charge in [-0.05, 0) is 46.3 Å². The molecule has 1 saturated heterocycles. The largest absolute Gasteiger partial charge is 0.505 e. The number of aliphatic hydroxyl groups is 4. The Morgan fingerprint density at radius 3 is 2.21 bits per heavy atom. The SMILES string of the molecule is CC(=O)Oc1c(C)c2c(O)c3c1C1=C(OCOC1=C(C)C3=O)/C(C)=C/C(C)(O)C(O)C(C)C(O)C1C(=O)OC(C(C)C=C/C=C(/C)C(=O)N2)C(C)C1O. The van der Waals surface area contributed by atoms with Crippen LogP contribution in [0.3, 0.4) is 0 Å². The predicted octanol–water partition coefficient (Wildman–Crippen LogP) is 3.50. The summed E-state index contributed by atoms with van der Waals surface area (Å²) in [6.07, 6.45) is 0.468. The van der Waals surface area contributed by atoms with Crippen LogP contribution in [0.5, 0.6) is 11.5 Å². The zero-order valence-electron chi connectivity index (χ0n) is 31.1. The first-order chi connectivity index (χ1) is 24.7. The fourth-order valence-corrected chi connectivity index (χ4v) is 7.55. The van der Waals surface area contributed by atoms with Gasteiger partial charge in [-0.3, -0.25) is 19.2 Å². The van der Waals surface area contributed by atoms with E-state index < -0.39 is 83.1 Å². The molecule has 1 aliphatic carbocycles. The van der Waals surface area contributed by atoms with Crippen LogP contribution in [-0.4, -0.2) is 86.0 Å². The number of carbonyl (C=O) groups excluding carboxylic acids is 4. The molecule has 286 valence electrons. The number of esters is 2. The predicted molar refractivity (Wildman–Crippen MR) is 190 cm³/mol. The van der Waals surface area contributed by atoms with Crippen molar-refractivity contribution in [3.8, 4) is 11.5 Å². The molecule has 6 heterocycles. The number of carbonyl (C=O) groups is 4. The first-order valence-corrected chi connectivity index (χ1v) is 17.4. The number of anilines is 1. The number of phenols is 1. The highest BCUT2D eigenvalue weighted by atomic mass is 16.7. The quantitative estimate of drug-likeness (QED) is 0.138. The number of amides is 1. The number of benzene rings is 1. The molecule has 1 fully saturated rings. The van der Waals surface area contributed by atoms with Gasteiger partial charge < -0.3 is 49.8 Å². The van der Waals surface area contributed by atoms with Crippen LogP contribution in [0.4, 0.5) is 5.69 Å². The Balaban J connectivity index is 1.79. The third-order valence-corrected chi connectivity index (χ3v) is 10.6. The number of aliphatic hydroxyl groups excluding tert-OH is 3. The molecule has 7 aliphatic rings. The molecule has 6 aliphatic heterocycles. The van der Waals surface area contributed by atoms with Crippen molar-refractivity contribution >= 4 is 34.9 Å². The number of hydrogen-bond donors (Lipinski definition) is 6. The van der Waals surface area contributed by atoms with Gasteiger partial charge in [-0.2, -0.15) is 0 Å². The minimum atomic E-state index is -2.10. The molecule has 9 atom stereocenters. The van der Waals surface area contributed by atoms with Crippen LogP contribution < -0.4 is 10.1 Å². The van der Waals surface area contributed by atoms with Crippen molar-refractivity contribution in [2.45, 2.75) is 92.3 Å². The summed E-state index contributed by atoms with van der Waals surface area (Å²) in [5, 5.41) is 60.2. The molecule has 0 spiro atoms. The van der Waals surface area contributed by atoms with Crippen LogP contribution in [0, 0.1) is 30.6 Å². The highest BCUT2D eigenvalue weighted by Gasteiger charge is 2.51. The van der Waals surface area contributed by atoms with Gasteiger partial charge in [0, 0.05) is 47.0 Å². The van der Waals surface area contributed by atoms with Crippen molar-refractivity contribution in [2.75, 3.05) is 12.1 Å². The Bertz CT molecular complexity index is 1910. The third kappa shape index (κ3) is 6.92. The average molecular weight is 738 g/mol. The second-order valence-corrected chi connectivity index (χ2v) is 14.6. The summed E-state index contributed by atoms with van der Waals surface area (Å²) >= 11 is 0. The summed E-state index contributed by atoms with van der Waals surface area (Å²) in [5.41, 5.74) is -2.02. The van der Waals surface area contributed by atoms with Crippen molar-refractivity contribution in [3.05, 3.63) is 69.2 Å². The van der Waals surface area contributed by atoms with Crippen LogP contribution in [-0.2, 0) is 28.6 Å². The maximum Gasteiger partial charge on any atom is 0.314 e. The van der Waals surface area contributed by atoms with Gasteiger partial charge in [0.2, 0.25) is 6.79 Å². The molecule has 0 saturated carbocycles. The first kappa shape index (κ1) is 39.4. The molecule has 14 nitrogen and oxygen atoms in total. The summed E-state index contributed by atoms with van der Waals surface area (Å²) in [6, 6.07) is 0. The number of allylic oxidation sites excluding steroid dienone is 5. The van der Waals surface area contributed by atoms with Gasteiger partial charge >= 0.3 is 11.9 Å². The lowest BCUT2D eigenvalue weighted by atomic mass is 9.73. The lowest BCUT2D eigenvalue weighted by molar-refractivity contribution is -0.198. The maximum absolute atomic E-state index is 13.9. The van der Waals surface area contributed by atoms with E-state index in [0.29, 0.717) is 0 Å². The van der Waals surface area contributed by atoms with Crippen molar-refractivity contribution in [2.24, 2.45) is 23.7 Å². The molecule has 0 aromatic heterocycles. The van der Waals surface area contributed by atoms with Gasteiger partial charge in [0.25, 0.3) is 5.91 Å². The van der Waals surface area contributed by atoms with E-state index >= 15 is 0 Å². The van der Waals surface area contributed by atoms with E-state index in [4.69, 9.17) is 18.9 Å². The van der Waals surface area contributed by atoms with Crippen molar-refractivity contribution in [1.29, 1.82) is 0 Å². The number of phenolic OH excluding ortho intramolecular Hbond substituents is 1. The molecule has 6 N–H and O–H groups in total. The molecule has 1 aromatic carbocycles. The summed E-state index contributed by atoms with van der Waals surface area (Å²) in [6.45, 7) is 12.9. The Labute approximate surface area is 307 Å². The molecule has 0 radical (unpaired) electrons. The molecule has 53 heavy (non-hydrogen) atoms. The number of nitrogens with one attached hydrogen (secondary N) is 1. The summed E-state index contributed by atoms with van der Waals surface area (Å²) in [5.74, 6) is -7.39. The van der Waals surface area contributed by atoms with E-state index in [2.05, 4.69) is 5.32 Å². The van der Waals surface area contributed by atoms with Crippen molar-refractivity contribution in [3.63, 3.8) is 0 Å². The van der Waals surface area contributed by atoms with Gasteiger partial charge in [-0.15, -0.1) is 0 Å². The fourth-order valence-electron chi connectivity index (χ4n) is 7.55. The first-order valence-electron chi connectivity index (χ1n) is 17.4. The Hall–Kier alpha value is -4.76. The number of ketones is 1. The molecular weight excluding hydrogens is 690 g/mol. The van der Waals surface area contributed by atoms with Gasteiger partial charge in [-0.25, -0.2) is 0 Å². The maximum atomic E-state index is 13.9. The van der Waals surface area contributed by atoms with Crippen LogP contribution >= 0.6 is 0 Å². The lowest BCUT2D eigenvalue weighted by Crippen LogP contribution is -2.57. The van der Waals surface area contributed by atoms with E-state index in [9.17, 15) is 44.7 Å². The third-order valence-electron chi connectivity index (χ3n) is 10.6. The second kappa shape index (κ2) is 14.6. The number of Topliss-reactive ketones (excluding diaryl/α,β-unsaturated/α-hetero) is 1. The van der Waals surface area contributed by atoms with Crippen molar-refractivity contribution in [1.82, 2.24) is 0 Å². The summed E-state index contributed by atoms with van der Waals surface area (Å²) in [4.78, 5) is 53.2. The molecule has 14 heteroatoms. The van der Waals surface area contributed by atoms with Gasteiger partial charge in [0.05, 0.1) is 35.1 Å². The fraction of sp³-hybridized carbons (Fsp3) is 0.487. The Morgan fingerprint density at radius 2 is 1.57 bits per heavy atom. The van der Waals surface area contributed by atoms with E-state index in [-0.39, 0.29) is 68.7 Å². The highest BCUT2D eigenvalue weighted by molar-refractivity contribution is 6.21. The minimum absolute atomic E-state index is 0.0354. The summed E-state index contributed by atoms with van der Waals surface area (Å²) < 4.78 is 23.1. The van der Waals surface area contributed by atoms with Gasteiger partial charge in [0.1, 0.15) is 34.9 Å². The van der Waals surface area contributed by atoms with Crippen molar-refractivity contribution < 1.29 is 63.7 Å². The van der Waals surface area contributed by atoms with Crippen LogP contribution in [0.25, 0.3) is 5.57 Å². The van der Waals surface area contributed by atoms with E-state index in [1.807, 2.05) is 0 Å². The molecule has 9 unspecified atom stereocenters. The number of ether oxygens (including phenoxy) is 4. The lowest BCUT2D eigenvalue weighted by Gasteiger charge is -2.43. The van der Waals surface area contributed by atoms with Gasteiger partial charge in [-0.1, -0.05) is 39.0 Å². The van der Waals surface area contributed by atoms with Crippen LogP contribution in [0.2, 0.25) is 0 Å². The van der Waals surface area contributed by atoms with Gasteiger partial charge in [0.15, 0.2) is 11.5 Å². The minimum Gasteiger partial charge on any atom is -0.505 e. The Morgan fingerprint density at radius 1 is 0.943 bits per heavy atom. The Kier molecular flexibility index (Phi) is 10.8. The number of hydrogen-bond acceptors (Lipinski definition) is 13. The molecule has 6 bridgehead atoms. The highest BCUT2D eigenvalue weighted by Crippen LogP contribution is 2.53. The number of aromatic hydroxyl groups is 1. The van der Waals surface area contributed by atoms with Crippen LogP contribution in [0.15, 0.2) is 52.5 Å². The zero-order chi connectivity index (χ0) is 39.4. The summed E-state index contributed by atoms with van der Waals surface area (Å²) in [7, 11) is 0.